The summed E-state index contributed by atoms with van der Waals surface area (Å²) in [5, 5.41) is 13.7. The largest absolute Gasteiger partial charge is 0.503 e. The van der Waals surface area contributed by atoms with Gasteiger partial charge in [0.25, 0.3) is 0 Å². The van der Waals surface area contributed by atoms with Crippen molar-refractivity contribution < 1.29 is 28.9 Å². The van der Waals surface area contributed by atoms with Crippen molar-refractivity contribution in [3.8, 4) is 17.2 Å². The summed E-state index contributed by atoms with van der Waals surface area (Å²) in [5.41, 5.74) is 3.89. The van der Waals surface area contributed by atoms with Crippen molar-refractivity contribution in [2.24, 2.45) is 0 Å². The lowest BCUT2D eigenvalue weighted by Crippen LogP contribution is -2.34. The van der Waals surface area contributed by atoms with Crippen molar-refractivity contribution in [1.82, 2.24) is 5.32 Å². The van der Waals surface area contributed by atoms with Crippen LogP contribution < -0.4 is 14.8 Å². The lowest BCUT2D eigenvalue weighted by Gasteiger charge is -2.34. The molecular weight excluding hydrogens is 514 g/mol. The van der Waals surface area contributed by atoms with E-state index in [-0.39, 0.29) is 23.9 Å². The van der Waals surface area contributed by atoms with Crippen LogP contribution in [0, 0.1) is 0 Å². The van der Waals surface area contributed by atoms with Crippen LogP contribution in [0.2, 0.25) is 0 Å². The van der Waals surface area contributed by atoms with Crippen LogP contribution in [0.25, 0.3) is 0 Å². The molecular formula is C27H28BrNO6. The maximum absolute atomic E-state index is 13.5. The molecule has 2 aromatic rings. The number of ether oxygens (including phenoxy) is 3. The number of phenols is 1. The number of phenolic OH excluding ortho intramolecular Hbond substituents is 1. The molecule has 0 saturated carbocycles. The number of rotatable bonds is 7. The highest BCUT2D eigenvalue weighted by molar-refractivity contribution is 9.10. The fourth-order valence-corrected chi connectivity index (χ4v) is 5.02. The van der Waals surface area contributed by atoms with Gasteiger partial charge in [0.15, 0.2) is 17.3 Å². The minimum absolute atomic E-state index is 0.00105. The number of halogens is 1. The number of carbonyl (C=O) groups excluding carboxylic acids is 2. The monoisotopic (exact) mass is 541 g/mol. The summed E-state index contributed by atoms with van der Waals surface area (Å²) in [6, 6.07) is 10.7. The molecule has 0 saturated heterocycles. The second kappa shape index (κ2) is 10.6. The van der Waals surface area contributed by atoms with Crippen molar-refractivity contribution in [3.63, 3.8) is 0 Å². The zero-order chi connectivity index (χ0) is 25.1. The van der Waals surface area contributed by atoms with Crippen molar-refractivity contribution >= 4 is 27.7 Å². The predicted molar refractivity (Wildman–Crippen MR) is 134 cm³/mol. The van der Waals surface area contributed by atoms with E-state index in [0.717, 1.165) is 24.1 Å². The molecule has 7 nitrogen and oxygen atoms in total. The van der Waals surface area contributed by atoms with E-state index in [1.165, 1.54) is 0 Å². The Labute approximate surface area is 212 Å². The molecule has 4 rings (SSSR count). The van der Waals surface area contributed by atoms with E-state index in [0.29, 0.717) is 45.7 Å². The van der Waals surface area contributed by atoms with Gasteiger partial charge in [-0.1, -0.05) is 12.1 Å². The third-order valence-electron chi connectivity index (χ3n) is 6.21. The highest BCUT2D eigenvalue weighted by atomic mass is 79.9. The summed E-state index contributed by atoms with van der Waals surface area (Å²) in [5.74, 6) is -0.184. The SMILES string of the molecule is CCOc1cc([C@@H]2C(C(=O)OCc3ccc(OC)cc3)=C(C)NC3=C2C(=O)CCC3)cc(Br)c1O. The fourth-order valence-electron chi connectivity index (χ4n) is 4.56. The van der Waals surface area contributed by atoms with E-state index in [1.807, 2.05) is 26.0 Å². The highest BCUT2D eigenvalue weighted by Gasteiger charge is 2.39. The van der Waals surface area contributed by atoms with Gasteiger partial charge in [-0.3, -0.25) is 4.79 Å². The number of Topliss-reactive ketones (excluding diaryl/α,β-unsaturated/α-hetero) is 1. The summed E-state index contributed by atoms with van der Waals surface area (Å²) < 4.78 is 16.9. The number of methoxy groups -OCH3 is 1. The van der Waals surface area contributed by atoms with Gasteiger partial charge in [-0.15, -0.1) is 0 Å². The first kappa shape index (κ1) is 24.9. The first-order valence-electron chi connectivity index (χ1n) is 11.5. The van der Waals surface area contributed by atoms with Crippen LogP contribution in [0.1, 0.15) is 50.2 Å². The van der Waals surface area contributed by atoms with Crippen LogP contribution >= 0.6 is 15.9 Å². The molecule has 0 aromatic heterocycles. The minimum atomic E-state index is -0.640. The van der Waals surface area contributed by atoms with Crippen LogP contribution in [-0.4, -0.2) is 30.6 Å². The standard InChI is InChI=1S/C27H28BrNO6/c1-4-34-22-13-17(12-19(28)26(22)31)24-23(15(2)29-20-6-5-7-21(30)25(20)24)27(32)35-14-16-8-10-18(33-3)11-9-16/h8-13,24,29,31H,4-7,14H2,1-3H3/t24-/m1/s1. The molecule has 2 aliphatic rings. The van der Waals surface area contributed by atoms with Crippen molar-refractivity contribution in [3.05, 3.63) is 74.5 Å². The zero-order valence-corrected chi connectivity index (χ0v) is 21.5. The molecule has 2 N–H and O–H groups in total. The number of hydrogen-bond acceptors (Lipinski definition) is 7. The first-order chi connectivity index (χ1) is 16.8. The number of nitrogens with one attached hydrogen (secondary N) is 1. The number of benzene rings is 2. The second-order valence-electron chi connectivity index (χ2n) is 8.47. The van der Waals surface area contributed by atoms with Crippen molar-refractivity contribution in [2.45, 2.75) is 45.6 Å². The molecule has 1 atom stereocenters. The molecule has 0 amide bonds. The smallest absolute Gasteiger partial charge is 0.337 e. The predicted octanol–water partition coefficient (Wildman–Crippen LogP) is 5.27. The Balaban J connectivity index is 1.73. The van der Waals surface area contributed by atoms with Crippen molar-refractivity contribution in [1.29, 1.82) is 0 Å². The molecule has 2 aromatic carbocycles. The van der Waals surface area contributed by atoms with Crippen LogP contribution in [0.3, 0.4) is 0 Å². The number of aromatic hydroxyl groups is 1. The second-order valence-corrected chi connectivity index (χ2v) is 9.33. The van der Waals surface area contributed by atoms with E-state index in [4.69, 9.17) is 14.2 Å². The lowest BCUT2D eigenvalue weighted by atomic mass is 9.75. The Hall–Kier alpha value is -3.26. The maximum atomic E-state index is 13.5. The molecule has 0 spiro atoms. The van der Waals surface area contributed by atoms with Crippen LogP contribution in [0.5, 0.6) is 17.2 Å². The van der Waals surface area contributed by atoms with Crippen LogP contribution in [0.15, 0.2) is 63.4 Å². The summed E-state index contributed by atoms with van der Waals surface area (Å²) in [6.07, 6.45) is 1.90. The lowest BCUT2D eigenvalue weighted by molar-refractivity contribution is -0.140. The molecule has 0 fully saturated rings. The topological polar surface area (TPSA) is 94.1 Å². The summed E-state index contributed by atoms with van der Waals surface area (Å²) in [4.78, 5) is 26.6. The van der Waals surface area contributed by atoms with Gasteiger partial charge in [0.1, 0.15) is 12.4 Å². The van der Waals surface area contributed by atoms with E-state index < -0.39 is 11.9 Å². The number of allylic oxidation sites excluding steroid dienone is 3. The molecule has 1 aliphatic heterocycles. The van der Waals surface area contributed by atoms with Crippen LogP contribution in [0.4, 0.5) is 0 Å². The summed E-state index contributed by atoms with van der Waals surface area (Å²) >= 11 is 3.39. The molecule has 1 aliphatic carbocycles. The van der Waals surface area contributed by atoms with Gasteiger partial charge in [-0.25, -0.2) is 4.79 Å². The van der Waals surface area contributed by atoms with Gasteiger partial charge in [0, 0.05) is 29.3 Å². The number of hydrogen-bond donors (Lipinski definition) is 2. The Bertz CT molecular complexity index is 1210. The summed E-state index contributed by atoms with van der Waals surface area (Å²) in [7, 11) is 1.59. The number of esters is 1. The summed E-state index contributed by atoms with van der Waals surface area (Å²) in [6.45, 7) is 4.07. The van der Waals surface area contributed by atoms with Crippen molar-refractivity contribution in [2.75, 3.05) is 13.7 Å². The van der Waals surface area contributed by atoms with Gasteiger partial charge in [-0.05, 0) is 78.0 Å². The van der Waals surface area contributed by atoms with Gasteiger partial charge >= 0.3 is 5.97 Å². The first-order valence-corrected chi connectivity index (χ1v) is 12.3. The number of carbonyl (C=O) groups is 2. The van der Waals surface area contributed by atoms with Gasteiger partial charge in [0.2, 0.25) is 0 Å². The number of ketones is 1. The Morgan fingerprint density at radius 3 is 2.63 bits per heavy atom. The zero-order valence-electron chi connectivity index (χ0n) is 19.9. The van der Waals surface area contributed by atoms with E-state index in [1.54, 1.807) is 31.4 Å². The molecule has 0 bridgehead atoms. The quantitative estimate of drug-likeness (QED) is 0.461. The van der Waals surface area contributed by atoms with Crippen LogP contribution in [-0.2, 0) is 20.9 Å². The third-order valence-corrected chi connectivity index (χ3v) is 6.81. The average molecular weight is 542 g/mol. The van der Waals surface area contributed by atoms with Gasteiger partial charge in [0.05, 0.1) is 23.8 Å². The Morgan fingerprint density at radius 1 is 1.20 bits per heavy atom. The van der Waals surface area contributed by atoms with E-state index in [2.05, 4.69) is 21.2 Å². The molecule has 0 unspecified atom stereocenters. The molecule has 0 radical (unpaired) electrons. The number of dihydropyridines is 1. The van der Waals surface area contributed by atoms with Gasteiger partial charge < -0.3 is 24.6 Å². The van der Waals surface area contributed by atoms with Gasteiger partial charge in [-0.2, -0.15) is 0 Å². The fraction of sp³-hybridized carbons (Fsp3) is 0.333. The highest BCUT2D eigenvalue weighted by Crippen LogP contribution is 2.46. The molecule has 35 heavy (non-hydrogen) atoms. The van der Waals surface area contributed by atoms with E-state index >= 15 is 0 Å². The molecule has 8 heteroatoms. The normalized spacial score (nSPS) is 17.6. The minimum Gasteiger partial charge on any atom is -0.503 e. The maximum Gasteiger partial charge on any atom is 0.337 e. The molecule has 184 valence electrons. The average Bonchev–Trinajstić information content (AvgIpc) is 2.85. The van der Waals surface area contributed by atoms with E-state index in [9.17, 15) is 14.7 Å². The Morgan fingerprint density at radius 2 is 1.94 bits per heavy atom. The third kappa shape index (κ3) is 5.07. The molecule has 1 heterocycles. The Kier molecular flexibility index (Phi) is 7.50.